The molecule has 8 nitrogen and oxygen atoms in total. The molecule has 1 N–H and O–H groups in total. The fourth-order valence-electron chi connectivity index (χ4n) is 5.26. The quantitative estimate of drug-likeness (QED) is 0.607. The number of cyclic esters (lactones) is 1. The number of amides is 3. The lowest BCUT2D eigenvalue weighted by atomic mass is 9.87. The first-order valence-corrected chi connectivity index (χ1v) is 12.9. The first-order valence-electron chi connectivity index (χ1n) is 12.9. The Balaban J connectivity index is 1.66. The molecule has 2 aliphatic heterocycles. The van der Waals surface area contributed by atoms with E-state index in [-0.39, 0.29) is 6.42 Å². The Labute approximate surface area is 218 Å². The van der Waals surface area contributed by atoms with Gasteiger partial charge in [-0.15, -0.1) is 0 Å². The van der Waals surface area contributed by atoms with E-state index in [0.29, 0.717) is 19.4 Å². The van der Waals surface area contributed by atoms with E-state index in [1.54, 1.807) is 27.7 Å². The number of aliphatic hydroxyl groups is 1. The highest BCUT2D eigenvalue weighted by molar-refractivity contribution is 5.95. The van der Waals surface area contributed by atoms with Gasteiger partial charge in [-0.2, -0.15) is 0 Å². The van der Waals surface area contributed by atoms with Gasteiger partial charge in [-0.05, 0) is 58.1 Å². The molecule has 0 aliphatic carbocycles. The number of nitrogens with zero attached hydrogens (tertiary/aromatic N) is 2. The zero-order valence-corrected chi connectivity index (χ0v) is 21.9. The molecule has 0 radical (unpaired) electrons. The maximum atomic E-state index is 14.1. The molecule has 8 heteroatoms. The average molecular weight is 509 g/mol. The molecule has 0 spiro atoms. The lowest BCUT2D eigenvalue weighted by Crippen LogP contribution is -2.52. The Morgan fingerprint density at radius 2 is 1.70 bits per heavy atom. The van der Waals surface area contributed by atoms with E-state index in [4.69, 9.17) is 9.47 Å². The molecule has 2 fully saturated rings. The summed E-state index contributed by atoms with van der Waals surface area (Å²) in [5, 5.41) is 11.7. The molecule has 37 heavy (non-hydrogen) atoms. The molecule has 5 atom stereocenters. The number of likely N-dealkylation sites (tertiary alicyclic amines) is 1. The maximum Gasteiger partial charge on any atom is 0.417 e. The Kier molecular flexibility index (Phi) is 7.87. The number of benzene rings is 2. The molecule has 2 heterocycles. The van der Waals surface area contributed by atoms with Gasteiger partial charge in [0.05, 0.1) is 18.1 Å². The van der Waals surface area contributed by atoms with Crippen LogP contribution in [-0.4, -0.2) is 63.4 Å². The largest absolute Gasteiger partial charge is 0.444 e. The summed E-state index contributed by atoms with van der Waals surface area (Å²) in [5.74, 6) is -1.49. The third-order valence-corrected chi connectivity index (χ3v) is 6.93. The van der Waals surface area contributed by atoms with Crippen LogP contribution < -0.4 is 0 Å². The highest BCUT2D eigenvalue weighted by Crippen LogP contribution is 2.37. The monoisotopic (exact) mass is 508 g/mol. The van der Waals surface area contributed by atoms with Crippen molar-refractivity contribution in [2.75, 3.05) is 6.54 Å². The van der Waals surface area contributed by atoms with Crippen molar-refractivity contribution in [3.8, 4) is 0 Å². The van der Waals surface area contributed by atoms with Crippen LogP contribution in [0, 0.1) is 5.92 Å². The number of aliphatic hydroxyl groups excluding tert-OH is 1. The molecular weight excluding hydrogens is 472 g/mol. The van der Waals surface area contributed by atoms with Crippen molar-refractivity contribution in [3.05, 3.63) is 71.8 Å². The second-order valence-corrected chi connectivity index (χ2v) is 10.8. The Hall–Kier alpha value is -3.39. The summed E-state index contributed by atoms with van der Waals surface area (Å²) >= 11 is 0. The molecule has 2 aliphatic rings. The summed E-state index contributed by atoms with van der Waals surface area (Å²) in [6, 6.07) is 17.4. The maximum absolute atomic E-state index is 14.1. The Bertz CT molecular complexity index is 1100. The Morgan fingerprint density at radius 1 is 1.08 bits per heavy atom. The number of hydrogen-bond acceptors (Lipinski definition) is 6. The molecule has 3 unspecified atom stereocenters. The lowest BCUT2D eigenvalue weighted by Gasteiger charge is -2.35. The number of hydrogen-bond donors (Lipinski definition) is 1. The zero-order chi connectivity index (χ0) is 26.7. The number of ether oxygens (including phenoxy) is 2. The lowest BCUT2D eigenvalue weighted by molar-refractivity contribution is -0.139. The number of imide groups is 1. The van der Waals surface area contributed by atoms with E-state index in [9.17, 15) is 19.5 Å². The molecule has 4 rings (SSSR count). The molecule has 3 amide bonds. The molecule has 0 bridgehead atoms. The standard InChI is InChI=1S/C29H36N2O6/c1-19-24(21-14-9-6-10-15-21)31(28(35)36-19)26(33)22(18-20-12-7-5-8-13-20)25(32)23-16-11-17-30(23)27(34)37-29(2,3)4/h5-10,12-15,19,22-25,32H,11,16-18H2,1-4H3/t19-,22?,23?,24-,25?/m1/s1. The van der Waals surface area contributed by atoms with Crippen molar-refractivity contribution >= 4 is 18.1 Å². The van der Waals surface area contributed by atoms with Gasteiger partial charge in [-0.3, -0.25) is 4.79 Å². The second-order valence-electron chi connectivity index (χ2n) is 10.8. The number of carbonyl (C=O) groups is 3. The van der Waals surface area contributed by atoms with Gasteiger partial charge in [0, 0.05) is 6.54 Å². The highest BCUT2D eigenvalue weighted by Gasteiger charge is 2.49. The van der Waals surface area contributed by atoms with Crippen LogP contribution in [0.1, 0.15) is 57.7 Å². The molecule has 2 aromatic carbocycles. The second kappa shape index (κ2) is 10.9. The highest BCUT2D eigenvalue weighted by atomic mass is 16.6. The third kappa shape index (κ3) is 5.96. The van der Waals surface area contributed by atoms with Crippen molar-refractivity contribution in [3.63, 3.8) is 0 Å². The van der Waals surface area contributed by atoms with Gasteiger partial charge < -0.3 is 19.5 Å². The van der Waals surface area contributed by atoms with Crippen LogP contribution in [0.2, 0.25) is 0 Å². The van der Waals surface area contributed by atoms with Gasteiger partial charge in [0.1, 0.15) is 17.7 Å². The van der Waals surface area contributed by atoms with Crippen LogP contribution >= 0.6 is 0 Å². The normalized spacial score (nSPS) is 23.5. The van der Waals surface area contributed by atoms with Crippen molar-refractivity contribution in [2.24, 2.45) is 5.92 Å². The van der Waals surface area contributed by atoms with E-state index in [1.165, 1.54) is 4.90 Å². The van der Waals surface area contributed by atoms with Crippen LogP contribution in [0.3, 0.4) is 0 Å². The summed E-state index contributed by atoms with van der Waals surface area (Å²) in [5.41, 5.74) is 0.935. The van der Waals surface area contributed by atoms with Gasteiger partial charge in [0.25, 0.3) is 0 Å². The number of rotatable bonds is 6. The van der Waals surface area contributed by atoms with E-state index in [0.717, 1.165) is 16.0 Å². The number of carbonyl (C=O) groups excluding carboxylic acids is 3. The van der Waals surface area contributed by atoms with E-state index in [1.807, 2.05) is 60.7 Å². The first-order chi connectivity index (χ1) is 17.6. The minimum absolute atomic E-state index is 0.208. The summed E-state index contributed by atoms with van der Waals surface area (Å²) < 4.78 is 11.1. The van der Waals surface area contributed by atoms with Crippen LogP contribution in [0.15, 0.2) is 60.7 Å². The molecule has 2 saturated heterocycles. The van der Waals surface area contributed by atoms with Gasteiger partial charge in [0.2, 0.25) is 5.91 Å². The topological polar surface area (TPSA) is 96.4 Å². The fourth-order valence-corrected chi connectivity index (χ4v) is 5.26. The van der Waals surface area contributed by atoms with Gasteiger partial charge >= 0.3 is 12.2 Å². The predicted octanol–water partition coefficient (Wildman–Crippen LogP) is 4.71. The summed E-state index contributed by atoms with van der Waals surface area (Å²) in [6.45, 7) is 7.55. The SMILES string of the molecule is C[C@H]1OC(=O)N(C(=O)C(Cc2ccccc2)C(O)C2CCCN2C(=O)OC(C)(C)C)[C@H]1c1ccccc1. The van der Waals surface area contributed by atoms with E-state index >= 15 is 0 Å². The van der Waals surface area contributed by atoms with E-state index < -0.39 is 53.9 Å². The van der Waals surface area contributed by atoms with Crippen molar-refractivity contribution in [1.82, 2.24) is 9.80 Å². The van der Waals surface area contributed by atoms with E-state index in [2.05, 4.69) is 0 Å². The van der Waals surface area contributed by atoms with Crippen molar-refractivity contribution in [2.45, 2.75) is 76.9 Å². The summed E-state index contributed by atoms with van der Waals surface area (Å²) in [4.78, 5) is 42.7. The van der Waals surface area contributed by atoms with Crippen molar-refractivity contribution in [1.29, 1.82) is 0 Å². The van der Waals surface area contributed by atoms with Gasteiger partial charge in [0.15, 0.2) is 0 Å². The first kappa shape index (κ1) is 26.7. The Morgan fingerprint density at radius 3 is 2.32 bits per heavy atom. The fraction of sp³-hybridized carbons (Fsp3) is 0.483. The predicted molar refractivity (Wildman–Crippen MR) is 138 cm³/mol. The van der Waals surface area contributed by atoms with Crippen LogP contribution in [-0.2, 0) is 20.7 Å². The van der Waals surface area contributed by atoms with Crippen LogP contribution in [0.5, 0.6) is 0 Å². The molecular formula is C29H36N2O6. The minimum atomic E-state index is -1.21. The van der Waals surface area contributed by atoms with Crippen molar-refractivity contribution < 1.29 is 29.0 Å². The third-order valence-electron chi connectivity index (χ3n) is 6.93. The molecule has 2 aromatic rings. The smallest absolute Gasteiger partial charge is 0.417 e. The average Bonchev–Trinajstić information content (AvgIpc) is 3.46. The molecule has 0 aromatic heterocycles. The summed E-state index contributed by atoms with van der Waals surface area (Å²) in [7, 11) is 0. The molecule has 0 saturated carbocycles. The van der Waals surface area contributed by atoms with Crippen LogP contribution in [0.25, 0.3) is 0 Å². The van der Waals surface area contributed by atoms with Gasteiger partial charge in [-0.1, -0.05) is 60.7 Å². The van der Waals surface area contributed by atoms with Crippen LogP contribution in [0.4, 0.5) is 9.59 Å². The summed E-state index contributed by atoms with van der Waals surface area (Å²) in [6.07, 6.45) is -1.58. The molecule has 198 valence electrons. The zero-order valence-electron chi connectivity index (χ0n) is 21.9. The minimum Gasteiger partial charge on any atom is -0.444 e. The van der Waals surface area contributed by atoms with Gasteiger partial charge in [-0.25, -0.2) is 14.5 Å².